The van der Waals surface area contributed by atoms with Crippen LogP contribution in [0.15, 0.2) is 0 Å². The van der Waals surface area contributed by atoms with Crippen LogP contribution in [0.3, 0.4) is 0 Å². The second kappa shape index (κ2) is 4.97. The Kier molecular flexibility index (Phi) is 4.44. The van der Waals surface area contributed by atoms with E-state index in [4.69, 9.17) is 0 Å². The summed E-state index contributed by atoms with van der Waals surface area (Å²) >= 11 is 0. The average Bonchev–Trinajstić information content (AvgIpc) is 2.52. The Morgan fingerprint density at radius 1 is 1.29 bits per heavy atom. The van der Waals surface area contributed by atoms with Gasteiger partial charge >= 0.3 is 0 Å². The highest BCUT2D eigenvalue weighted by atomic mass is 31.2. The summed E-state index contributed by atoms with van der Waals surface area (Å²) < 4.78 is 0. The molecular weight excluding hydrogens is 187 g/mol. The minimum absolute atomic E-state index is 0.593. The molecule has 1 aliphatic rings. The molecular formula is C13H28P+. The lowest BCUT2D eigenvalue weighted by atomic mass is 9.93. The molecule has 0 aromatic carbocycles. The third-order valence-electron chi connectivity index (χ3n) is 4.69. The van der Waals surface area contributed by atoms with Gasteiger partial charge in [-0.2, -0.15) is 0 Å². The first kappa shape index (κ1) is 12.5. The molecule has 3 atom stereocenters. The lowest BCUT2D eigenvalue weighted by molar-refractivity contribution is 0.390. The fourth-order valence-electron chi connectivity index (χ4n) is 2.61. The Morgan fingerprint density at radius 3 is 2.36 bits per heavy atom. The molecule has 1 rings (SSSR count). The molecule has 1 fully saturated rings. The van der Waals surface area contributed by atoms with Crippen molar-refractivity contribution in [1.29, 1.82) is 0 Å². The maximum atomic E-state index is 2.54. The molecule has 1 heteroatoms. The predicted octanol–water partition coefficient (Wildman–Crippen LogP) is 4.50. The van der Waals surface area contributed by atoms with Gasteiger partial charge in [-0.25, -0.2) is 0 Å². The predicted molar refractivity (Wildman–Crippen MR) is 69.9 cm³/mol. The molecule has 0 aromatic heterocycles. The average molecular weight is 215 g/mol. The quantitative estimate of drug-likeness (QED) is 0.606. The molecule has 0 radical (unpaired) electrons. The largest absolute Gasteiger partial charge is 0.0667 e. The van der Waals surface area contributed by atoms with Gasteiger partial charge in [0, 0.05) is 20.6 Å². The second-order valence-electron chi connectivity index (χ2n) is 5.85. The van der Waals surface area contributed by atoms with Crippen LogP contribution < -0.4 is 0 Å². The molecule has 0 heterocycles. The summed E-state index contributed by atoms with van der Waals surface area (Å²) in [7, 11) is -0.593. The molecule has 0 N–H and O–H groups in total. The zero-order chi connectivity index (χ0) is 10.8. The van der Waals surface area contributed by atoms with Gasteiger partial charge in [-0.15, -0.1) is 0 Å². The first-order valence-corrected chi connectivity index (χ1v) is 9.23. The van der Waals surface area contributed by atoms with E-state index in [2.05, 4.69) is 34.1 Å². The molecule has 84 valence electrons. The van der Waals surface area contributed by atoms with Gasteiger partial charge in [-0.3, -0.25) is 0 Å². The highest BCUT2D eigenvalue weighted by Gasteiger charge is 2.35. The van der Waals surface area contributed by atoms with E-state index in [9.17, 15) is 0 Å². The summed E-state index contributed by atoms with van der Waals surface area (Å²) in [4.78, 5) is 0. The topological polar surface area (TPSA) is 0 Å². The normalized spacial score (nSPS) is 30.6. The summed E-state index contributed by atoms with van der Waals surface area (Å²) in [6.07, 6.45) is 7.42. The van der Waals surface area contributed by atoms with Gasteiger partial charge in [0.1, 0.15) is 0 Å². The van der Waals surface area contributed by atoms with Gasteiger partial charge < -0.3 is 0 Å². The van der Waals surface area contributed by atoms with Crippen LogP contribution in [0, 0.1) is 11.8 Å². The highest BCUT2D eigenvalue weighted by molar-refractivity contribution is 7.75. The smallest absolute Gasteiger partial charge is 0.0622 e. The Morgan fingerprint density at radius 2 is 1.93 bits per heavy atom. The lowest BCUT2D eigenvalue weighted by Gasteiger charge is -2.27. The van der Waals surface area contributed by atoms with E-state index in [1.54, 1.807) is 0 Å². The van der Waals surface area contributed by atoms with Crippen molar-refractivity contribution >= 4 is 7.26 Å². The second-order valence-corrected chi connectivity index (χ2v) is 10.9. The first-order chi connectivity index (χ1) is 6.47. The minimum Gasteiger partial charge on any atom is -0.0622 e. The van der Waals surface area contributed by atoms with Crippen molar-refractivity contribution in [2.45, 2.75) is 52.1 Å². The fraction of sp³-hybridized carbons (Fsp3) is 1.00. The summed E-state index contributed by atoms with van der Waals surface area (Å²) in [6.45, 7) is 12.4. The van der Waals surface area contributed by atoms with Gasteiger partial charge in [0.15, 0.2) is 0 Å². The zero-order valence-corrected chi connectivity index (χ0v) is 11.6. The third kappa shape index (κ3) is 2.96. The van der Waals surface area contributed by atoms with Crippen molar-refractivity contribution in [3.05, 3.63) is 0 Å². The summed E-state index contributed by atoms with van der Waals surface area (Å²) in [6, 6.07) is 0. The van der Waals surface area contributed by atoms with Gasteiger partial charge in [0.05, 0.1) is 11.8 Å². The summed E-state index contributed by atoms with van der Waals surface area (Å²) in [5.41, 5.74) is 0.998. The van der Waals surface area contributed by atoms with E-state index in [0.717, 1.165) is 17.5 Å². The van der Waals surface area contributed by atoms with Gasteiger partial charge in [0.25, 0.3) is 0 Å². The van der Waals surface area contributed by atoms with Crippen molar-refractivity contribution < 1.29 is 0 Å². The van der Waals surface area contributed by atoms with E-state index in [0.29, 0.717) is 0 Å². The number of hydrogen-bond acceptors (Lipinski definition) is 0. The molecule has 14 heavy (non-hydrogen) atoms. The van der Waals surface area contributed by atoms with Crippen LogP contribution in [0.5, 0.6) is 0 Å². The molecule has 0 nitrogen and oxygen atoms in total. The van der Waals surface area contributed by atoms with Crippen molar-refractivity contribution in [2.24, 2.45) is 11.8 Å². The van der Waals surface area contributed by atoms with Crippen LogP contribution in [0.25, 0.3) is 0 Å². The SMILES string of the molecule is CC[P+](C)(C)C(C)CC1CCCC1C. The van der Waals surface area contributed by atoms with E-state index < -0.39 is 7.26 Å². The van der Waals surface area contributed by atoms with E-state index >= 15 is 0 Å². The van der Waals surface area contributed by atoms with Crippen molar-refractivity contribution in [2.75, 3.05) is 19.5 Å². The summed E-state index contributed by atoms with van der Waals surface area (Å²) in [5, 5.41) is 0. The monoisotopic (exact) mass is 215 g/mol. The van der Waals surface area contributed by atoms with Crippen LogP contribution in [-0.2, 0) is 0 Å². The minimum atomic E-state index is -0.593. The first-order valence-electron chi connectivity index (χ1n) is 6.30. The molecule has 1 saturated carbocycles. The highest BCUT2D eigenvalue weighted by Crippen LogP contribution is 2.58. The Bertz CT molecular complexity index is 174. The van der Waals surface area contributed by atoms with E-state index in [-0.39, 0.29) is 0 Å². The molecule has 0 bridgehead atoms. The van der Waals surface area contributed by atoms with E-state index in [1.807, 2.05) is 0 Å². The van der Waals surface area contributed by atoms with Crippen molar-refractivity contribution in [3.63, 3.8) is 0 Å². The number of rotatable bonds is 4. The van der Waals surface area contributed by atoms with Gasteiger partial charge in [-0.05, 0) is 32.1 Å². The molecule has 0 spiro atoms. The van der Waals surface area contributed by atoms with Gasteiger partial charge in [-0.1, -0.05) is 26.2 Å². The molecule has 3 unspecified atom stereocenters. The van der Waals surface area contributed by atoms with Crippen LogP contribution in [-0.4, -0.2) is 25.2 Å². The van der Waals surface area contributed by atoms with Crippen LogP contribution in [0.2, 0.25) is 0 Å². The van der Waals surface area contributed by atoms with Crippen LogP contribution in [0.1, 0.15) is 46.5 Å². The molecule has 0 amide bonds. The van der Waals surface area contributed by atoms with Gasteiger partial charge in [0.2, 0.25) is 0 Å². The molecule has 0 aromatic rings. The number of hydrogen-bond donors (Lipinski definition) is 0. The standard InChI is InChI=1S/C13H28P/c1-6-14(4,5)12(3)10-13-9-7-8-11(13)2/h11-13H,6-10H2,1-5H3/q+1. The van der Waals surface area contributed by atoms with Crippen molar-refractivity contribution in [1.82, 2.24) is 0 Å². The molecule has 0 aliphatic heterocycles. The Hall–Kier alpha value is 0.430. The Balaban J connectivity index is 2.43. The molecule has 0 saturated heterocycles. The van der Waals surface area contributed by atoms with Crippen LogP contribution >= 0.6 is 7.26 Å². The van der Waals surface area contributed by atoms with Crippen molar-refractivity contribution in [3.8, 4) is 0 Å². The van der Waals surface area contributed by atoms with E-state index in [1.165, 1.54) is 31.8 Å². The third-order valence-corrected chi connectivity index (χ3v) is 8.92. The zero-order valence-electron chi connectivity index (χ0n) is 10.7. The maximum absolute atomic E-state index is 2.54. The molecule has 1 aliphatic carbocycles. The maximum Gasteiger partial charge on any atom is 0.0667 e. The lowest BCUT2D eigenvalue weighted by Crippen LogP contribution is -2.16. The summed E-state index contributed by atoms with van der Waals surface area (Å²) in [5.74, 6) is 2.06. The Labute approximate surface area is 91.2 Å². The fourth-order valence-corrected chi connectivity index (χ4v) is 4.07. The van der Waals surface area contributed by atoms with Crippen LogP contribution in [0.4, 0.5) is 0 Å².